The van der Waals surface area contributed by atoms with Crippen LogP contribution in [0.3, 0.4) is 0 Å². The van der Waals surface area contributed by atoms with E-state index in [-0.39, 0.29) is 0 Å². The number of benzene rings is 1. The number of piperidine rings is 1. The molecule has 0 bridgehead atoms. The van der Waals surface area contributed by atoms with E-state index in [2.05, 4.69) is 42.1 Å². The van der Waals surface area contributed by atoms with Crippen molar-refractivity contribution in [1.82, 2.24) is 9.80 Å². The van der Waals surface area contributed by atoms with Gasteiger partial charge in [0.15, 0.2) is 0 Å². The fourth-order valence-corrected chi connectivity index (χ4v) is 4.03. The molecule has 0 amide bonds. The Morgan fingerprint density at radius 2 is 1.92 bits per heavy atom. The zero-order valence-electron chi connectivity index (χ0n) is 15.4. The van der Waals surface area contributed by atoms with Crippen LogP contribution in [0.15, 0.2) is 24.3 Å². The van der Waals surface area contributed by atoms with Crippen LogP contribution in [0, 0.1) is 0 Å². The molecule has 2 saturated heterocycles. The van der Waals surface area contributed by atoms with Gasteiger partial charge < -0.3 is 19.3 Å². The number of likely N-dealkylation sites (tertiary alicyclic amines) is 1. The highest BCUT2D eigenvalue weighted by atomic mass is 16.5. The van der Waals surface area contributed by atoms with Crippen LogP contribution in [0.4, 0.5) is 0 Å². The van der Waals surface area contributed by atoms with Gasteiger partial charge in [-0.15, -0.1) is 0 Å². The van der Waals surface area contributed by atoms with Crippen LogP contribution in [0.1, 0.15) is 31.2 Å². The molecule has 0 unspecified atom stereocenters. The smallest absolute Gasteiger partial charge is 0.119 e. The number of methoxy groups -OCH3 is 1. The molecule has 2 aliphatic rings. The van der Waals surface area contributed by atoms with E-state index >= 15 is 0 Å². The van der Waals surface area contributed by atoms with Crippen LogP contribution in [-0.2, 0) is 11.2 Å². The van der Waals surface area contributed by atoms with Gasteiger partial charge >= 0.3 is 0 Å². The highest BCUT2D eigenvalue weighted by Gasteiger charge is 2.29. The number of likely N-dealkylation sites (N-methyl/N-ethyl adjacent to an activating group) is 1. The Kier molecular flexibility index (Phi) is 6.14. The summed E-state index contributed by atoms with van der Waals surface area (Å²) in [6.45, 7) is 3.51. The zero-order chi connectivity index (χ0) is 16.9. The number of ether oxygens (including phenoxy) is 2. The molecule has 4 heteroatoms. The Bertz CT molecular complexity index is 514. The molecule has 2 atom stereocenters. The summed E-state index contributed by atoms with van der Waals surface area (Å²) in [4.78, 5) is 4.96. The van der Waals surface area contributed by atoms with Gasteiger partial charge in [-0.1, -0.05) is 12.1 Å². The summed E-state index contributed by atoms with van der Waals surface area (Å²) in [7, 11) is 6.22. The Balaban J connectivity index is 1.45. The minimum absolute atomic E-state index is 0.355. The first-order valence-corrected chi connectivity index (χ1v) is 9.31. The summed E-state index contributed by atoms with van der Waals surface area (Å²) in [6, 6.07) is 9.08. The molecule has 134 valence electrons. The van der Waals surface area contributed by atoms with Crippen LogP contribution < -0.4 is 4.74 Å². The van der Waals surface area contributed by atoms with Gasteiger partial charge in [0.05, 0.1) is 19.3 Å². The van der Waals surface area contributed by atoms with E-state index in [0.29, 0.717) is 12.2 Å². The van der Waals surface area contributed by atoms with Gasteiger partial charge in [0.2, 0.25) is 0 Å². The maximum Gasteiger partial charge on any atom is 0.119 e. The maximum atomic E-state index is 6.33. The normalized spacial score (nSPS) is 26.2. The molecule has 0 N–H and O–H groups in total. The minimum Gasteiger partial charge on any atom is -0.497 e. The molecule has 3 rings (SSSR count). The first-order valence-electron chi connectivity index (χ1n) is 9.31. The summed E-state index contributed by atoms with van der Waals surface area (Å²) < 4.78 is 11.6. The molecular formula is C20H32N2O2. The molecule has 0 saturated carbocycles. The maximum absolute atomic E-state index is 6.33. The van der Waals surface area contributed by atoms with Crippen molar-refractivity contribution in [1.29, 1.82) is 0 Å². The third-order valence-corrected chi connectivity index (χ3v) is 5.60. The second-order valence-corrected chi connectivity index (χ2v) is 7.49. The lowest BCUT2D eigenvalue weighted by atomic mass is 10.0. The number of nitrogens with zero attached hydrogens (tertiary/aromatic N) is 2. The van der Waals surface area contributed by atoms with E-state index in [1.54, 1.807) is 7.11 Å². The molecular weight excluding hydrogens is 300 g/mol. The minimum atomic E-state index is 0.355. The Hall–Kier alpha value is -1.10. The van der Waals surface area contributed by atoms with Gasteiger partial charge in [-0.25, -0.2) is 0 Å². The molecule has 2 fully saturated rings. The third-order valence-electron chi connectivity index (χ3n) is 5.60. The van der Waals surface area contributed by atoms with E-state index in [1.165, 1.54) is 44.3 Å². The molecule has 0 aliphatic carbocycles. The quantitative estimate of drug-likeness (QED) is 0.800. The van der Waals surface area contributed by atoms with Crippen LogP contribution >= 0.6 is 0 Å². The molecule has 24 heavy (non-hydrogen) atoms. The Labute approximate surface area is 146 Å². The summed E-state index contributed by atoms with van der Waals surface area (Å²) in [5.41, 5.74) is 1.31. The van der Waals surface area contributed by atoms with E-state index in [0.717, 1.165) is 24.8 Å². The molecule has 1 aromatic rings. The van der Waals surface area contributed by atoms with Gasteiger partial charge in [-0.3, -0.25) is 0 Å². The van der Waals surface area contributed by atoms with E-state index in [1.807, 2.05) is 6.07 Å². The van der Waals surface area contributed by atoms with Crippen molar-refractivity contribution in [3.63, 3.8) is 0 Å². The molecule has 4 nitrogen and oxygen atoms in total. The van der Waals surface area contributed by atoms with Crippen molar-refractivity contribution in [3.05, 3.63) is 29.8 Å². The second kappa shape index (κ2) is 8.32. The number of rotatable bonds is 6. The van der Waals surface area contributed by atoms with Crippen LogP contribution in [0.5, 0.6) is 5.75 Å². The predicted octanol–water partition coefficient (Wildman–Crippen LogP) is 2.81. The average Bonchev–Trinajstić information content (AvgIpc) is 3.02. The second-order valence-electron chi connectivity index (χ2n) is 7.49. The van der Waals surface area contributed by atoms with E-state index in [4.69, 9.17) is 9.47 Å². The standard InChI is InChI=1S/C20H32N2O2/c1-21-11-9-17(10-12-21)22(2)15-20-8-7-19(24-20)14-16-5-4-6-18(13-16)23-3/h4-6,13,17,19-20H,7-12,14-15H2,1-3H3/t19-,20+/m0/s1. The van der Waals surface area contributed by atoms with Gasteiger partial charge in [0.1, 0.15) is 5.75 Å². The van der Waals surface area contributed by atoms with Gasteiger partial charge in [0, 0.05) is 12.6 Å². The van der Waals surface area contributed by atoms with Crippen LogP contribution in [-0.4, -0.2) is 68.9 Å². The van der Waals surface area contributed by atoms with Crippen LogP contribution in [0.25, 0.3) is 0 Å². The molecule has 0 radical (unpaired) electrons. The number of hydrogen-bond acceptors (Lipinski definition) is 4. The largest absolute Gasteiger partial charge is 0.497 e. The first kappa shape index (κ1) is 17.7. The first-order chi connectivity index (χ1) is 11.6. The Morgan fingerprint density at radius 3 is 2.67 bits per heavy atom. The van der Waals surface area contributed by atoms with Crippen molar-refractivity contribution in [2.45, 2.75) is 50.4 Å². The molecule has 1 aromatic carbocycles. The van der Waals surface area contributed by atoms with Gasteiger partial charge in [-0.2, -0.15) is 0 Å². The zero-order valence-corrected chi connectivity index (χ0v) is 15.4. The van der Waals surface area contributed by atoms with E-state index in [9.17, 15) is 0 Å². The third kappa shape index (κ3) is 4.71. The van der Waals surface area contributed by atoms with Crippen molar-refractivity contribution in [2.75, 3.05) is 40.8 Å². The molecule has 2 heterocycles. The number of hydrogen-bond donors (Lipinski definition) is 0. The highest BCUT2D eigenvalue weighted by Crippen LogP contribution is 2.26. The van der Waals surface area contributed by atoms with Gasteiger partial charge in [0.25, 0.3) is 0 Å². The molecule has 2 aliphatic heterocycles. The predicted molar refractivity (Wildman–Crippen MR) is 97.7 cm³/mol. The summed E-state index contributed by atoms with van der Waals surface area (Å²) in [6.07, 6.45) is 6.67. The SMILES string of the molecule is COc1cccc(C[C@@H]2CC[C@H](CN(C)C3CCN(C)CC3)O2)c1. The van der Waals surface area contributed by atoms with Gasteiger partial charge in [-0.05, 0) is 77.0 Å². The summed E-state index contributed by atoms with van der Waals surface area (Å²) in [5.74, 6) is 0.934. The highest BCUT2D eigenvalue weighted by molar-refractivity contribution is 5.28. The monoisotopic (exact) mass is 332 g/mol. The summed E-state index contributed by atoms with van der Waals surface area (Å²) in [5, 5.41) is 0. The lowest BCUT2D eigenvalue weighted by Crippen LogP contribution is -2.44. The van der Waals surface area contributed by atoms with E-state index < -0.39 is 0 Å². The fourth-order valence-electron chi connectivity index (χ4n) is 4.03. The van der Waals surface area contributed by atoms with Crippen molar-refractivity contribution in [2.24, 2.45) is 0 Å². The Morgan fingerprint density at radius 1 is 1.17 bits per heavy atom. The molecule has 0 spiro atoms. The van der Waals surface area contributed by atoms with Crippen molar-refractivity contribution < 1.29 is 9.47 Å². The fraction of sp³-hybridized carbons (Fsp3) is 0.700. The lowest BCUT2D eigenvalue weighted by Gasteiger charge is -2.36. The lowest BCUT2D eigenvalue weighted by molar-refractivity contribution is 0.0144. The van der Waals surface area contributed by atoms with Crippen LogP contribution in [0.2, 0.25) is 0 Å². The average molecular weight is 332 g/mol. The topological polar surface area (TPSA) is 24.9 Å². The van der Waals surface area contributed by atoms with Crippen molar-refractivity contribution in [3.8, 4) is 5.75 Å². The molecule has 0 aromatic heterocycles. The summed E-state index contributed by atoms with van der Waals surface area (Å²) >= 11 is 0. The van der Waals surface area contributed by atoms with Crippen molar-refractivity contribution >= 4 is 0 Å².